The predicted molar refractivity (Wildman–Crippen MR) is 122 cm³/mol. The van der Waals surface area contributed by atoms with Gasteiger partial charge in [-0.3, -0.25) is 0 Å². The summed E-state index contributed by atoms with van der Waals surface area (Å²) in [4.78, 5) is 9.18. The van der Waals surface area contributed by atoms with Gasteiger partial charge in [0.1, 0.15) is 10.4 Å². The van der Waals surface area contributed by atoms with Crippen LogP contribution in [0.25, 0.3) is 16.3 Å². The van der Waals surface area contributed by atoms with E-state index in [2.05, 4.69) is 21.4 Å². The molecule has 2 heterocycles. The van der Waals surface area contributed by atoms with Crippen molar-refractivity contribution in [2.75, 3.05) is 5.32 Å². The van der Waals surface area contributed by atoms with Crippen LogP contribution in [-0.2, 0) is 0 Å². The molecular weight excluding hydrogens is 406 g/mol. The Morgan fingerprint density at radius 3 is 2.45 bits per heavy atom. The fourth-order valence-electron chi connectivity index (χ4n) is 3.19. The number of nitrogens with one attached hydrogen (secondary N) is 1. The molecule has 0 aliphatic carbocycles. The molecule has 6 nitrogen and oxygen atoms in total. The fraction of sp³-hybridized carbons (Fsp3) is 0.0833. The molecule has 7 heteroatoms. The second-order valence-corrected chi connectivity index (χ2v) is 7.77. The SMILES string of the molecule is Cc1cc(/C=C/C#N)cc(C)c1Oc1nc(Nc2ccc(C#N)cc2)nc2ccsc12. The number of nitrogens with zero attached hydrogens (tertiary/aromatic N) is 4. The largest absolute Gasteiger partial charge is 0.437 e. The van der Waals surface area contributed by atoms with E-state index in [1.807, 2.05) is 55.6 Å². The molecule has 0 fully saturated rings. The number of fused-ring (bicyclic) bond motifs is 1. The molecule has 0 radical (unpaired) electrons. The summed E-state index contributed by atoms with van der Waals surface area (Å²) in [6, 6.07) is 17.1. The van der Waals surface area contributed by atoms with Crippen molar-refractivity contribution in [2.45, 2.75) is 13.8 Å². The van der Waals surface area contributed by atoms with Crippen molar-refractivity contribution >= 4 is 39.3 Å². The summed E-state index contributed by atoms with van der Waals surface area (Å²) >= 11 is 1.52. The van der Waals surface area contributed by atoms with Crippen molar-refractivity contribution < 1.29 is 4.74 Å². The maximum Gasteiger partial charge on any atom is 0.242 e. The van der Waals surface area contributed by atoms with Crippen molar-refractivity contribution in [1.29, 1.82) is 10.5 Å². The van der Waals surface area contributed by atoms with Gasteiger partial charge in [0.05, 0.1) is 23.2 Å². The highest BCUT2D eigenvalue weighted by Gasteiger charge is 2.15. The highest BCUT2D eigenvalue weighted by molar-refractivity contribution is 7.17. The smallest absolute Gasteiger partial charge is 0.242 e. The van der Waals surface area contributed by atoms with Crippen LogP contribution < -0.4 is 10.1 Å². The second-order valence-electron chi connectivity index (χ2n) is 6.85. The second kappa shape index (κ2) is 8.66. The number of allylic oxidation sites excluding steroid dienone is 1. The zero-order valence-electron chi connectivity index (χ0n) is 16.9. The number of thiophene rings is 1. The first-order chi connectivity index (χ1) is 15.1. The first-order valence-electron chi connectivity index (χ1n) is 9.45. The van der Waals surface area contributed by atoms with Crippen LogP contribution in [0.3, 0.4) is 0 Å². The molecule has 0 unspecified atom stereocenters. The van der Waals surface area contributed by atoms with Crippen LogP contribution in [-0.4, -0.2) is 9.97 Å². The van der Waals surface area contributed by atoms with Gasteiger partial charge >= 0.3 is 0 Å². The highest BCUT2D eigenvalue weighted by atomic mass is 32.1. The van der Waals surface area contributed by atoms with Crippen molar-refractivity contribution in [2.24, 2.45) is 0 Å². The lowest BCUT2D eigenvalue weighted by atomic mass is 10.1. The summed E-state index contributed by atoms with van der Waals surface area (Å²) in [6.45, 7) is 3.93. The lowest BCUT2D eigenvalue weighted by Crippen LogP contribution is -2.00. The Morgan fingerprint density at radius 1 is 1.03 bits per heavy atom. The van der Waals surface area contributed by atoms with Gasteiger partial charge in [-0.25, -0.2) is 4.98 Å². The van der Waals surface area contributed by atoms with Gasteiger partial charge in [-0.2, -0.15) is 15.5 Å². The van der Waals surface area contributed by atoms with E-state index < -0.39 is 0 Å². The normalized spacial score (nSPS) is 10.7. The van der Waals surface area contributed by atoms with Gasteiger partial charge in [0.25, 0.3) is 0 Å². The van der Waals surface area contributed by atoms with Crippen LogP contribution in [0, 0.1) is 36.5 Å². The minimum absolute atomic E-state index is 0.412. The van der Waals surface area contributed by atoms with Gasteiger partial charge < -0.3 is 10.1 Å². The molecule has 0 bridgehead atoms. The molecule has 1 N–H and O–H groups in total. The molecule has 0 saturated heterocycles. The number of hydrogen-bond donors (Lipinski definition) is 1. The van der Waals surface area contributed by atoms with Crippen LogP contribution in [0.2, 0.25) is 0 Å². The van der Waals surface area contributed by atoms with Gasteiger partial charge in [0.15, 0.2) is 0 Å². The predicted octanol–water partition coefficient (Wildman–Crippen LogP) is 6.25. The number of aryl methyl sites for hydroxylation is 2. The standard InChI is InChI=1S/C24H17N5OS/c1-15-12-18(4-3-10-25)13-16(2)21(15)30-23-22-20(9-11-31-22)28-24(29-23)27-19-7-5-17(14-26)6-8-19/h3-9,11-13H,1-2H3,(H,27,28,29)/b4-3+. The van der Waals surface area contributed by atoms with E-state index >= 15 is 0 Å². The van der Waals surface area contributed by atoms with Gasteiger partial charge in [0, 0.05) is 11.8 Å². The van der Waals surface area contributed by atoms with Crippen LogP contribution >= 0.6 is 11.3 Å². The van der Waals surface area contributed by atoms with E-state index in [0.29, 0.717) is 17.4 Å². The topological polar surface area (TPSA) is 94.6 Å². The Balaban J connectivity index is 1.69. The number of hydrogen-bond acceptors (Lipinski definition) is 7. The third kappa shape index (κ3) is 4.37. The maximum absolute atomic E-state index is 8.97. The van der Waals surface area contributed by atoms with E-state index in [1.54, 1.807) is 18.2 Å². The lowest BCUT2D eigenvalue weighted by Gasteiger charge is -2.14. The molecule has 0 spiro atoms. The lowest BCUT2D eigenvalue weighted by molar-refractivity contribution is 0.463. The van der Waals surface area contributed by atoms with Crippen LogP contribution in [0.15, 0.2) is 53.9 Å². The number of benzene rings is 2. The third-order valence-corrected chi connectivity index (χ3v) is 5.47. The molecule has 31 heavy (non-hydrogen) atoms. The Morgan fingerprint density at radius 2 is 1.77 bits per heavy atom. The molecule has 0 aliphatic rings. The number of nitriles is 2. The average Bonchev–Trinajstić information content (AvgIpc) is 3.24. The summed E-state index contributed by atoms with van der Waals surface area (Å²) in [6.07, 6.45) is 3.22. The highest BCUT2D eigenvalue weighted by Crippen LogP contribution is 2.36. The zero-order chi connectivity index (χ0) is 21.8. The molecule has 0 saturated carbocycles. The van der Waals surface area contributed by atoms with Gasteiger partial charge in [-0.15, -0.1) is 11.3 Å². The minimum Gasteiger partial charge on any atom is -0.437 e. The van der Waals surface area contributed by atoms with Crippen LogP contribution in [0.5, 0.6) is 11.6 Å². The van der Waals surface area contributed by atoms with Crippen molar-refractivity contribution in [3.63, 3.8) is 0 Å². The van der Waals surface area contributed by atoms with Gasteiger partial charge in [0.2, 0.25) is 11.8 Å². The van der Waals surface area contributed by atoms with E-state index in [1.165, 1.54) is 17.4 Å². The molecule has 2 aromatic heterocycles. The Labute approximate surface area is 183 Å². The number of anilines is 2. The molecule has 150 valence electrons. The Bertz CT molecular complexity index is 1350. The van der Waals surface area contributed by atoms with E-state index in [4.69, 9.17) is 15.3 Å². The van der Waals surface area contributed by atoms with Crippen LogP contribution in [0.4, 0.5) is 11.6 Å². The summed E-state index contributed by atoms with van der Waals surface area (Å²) in [7, 11) is 0. The van der Waals surface area contributed by atoms with Crippen LogP contribution in [0.1, 0.15) is 22.3 Å². The molecule has 4 rings (SSSR count). The van der Waals surface area contributed by atoms with Crippen molar-refractivity contribution in [1.82, 2.24) is 9.97 Å². The number of ether oxygens (including phenoxy) is 1. The molecule has 0 aliphatic heterocycles. The van der Waals surface area contributed by atoms with Crippen molar-refractivity contribution in [3.8, 4) is 23.8 Å². The maximum atomic E-state index is 8.97. The van der Waals surface area contributed by atoms with Crippen molar-refractivity contribution in [3.05, 3.63) is 76.2 Å². The average molecular weight is 424 g/mol. The summed E-state index contributed by atoms with van der Waals surface area (Å²) in [5.74, 6) is 1.61. The molecule has 4 aromatic rings. The van der Waals surface area contributed by atoms with Gasteiger partial charge in [-0.05, 0) is 84.5 Å². The zero-order valence-corrected chi connectivity index (χ0v) is 17.7. The Hall–Kier alpha value is -4.20. The first kappa shape index (κ1) is 20.1. The molecule has 0 atom stereocenters. The summed E-state index contributed by atoms with van der Waals surface area (Å²) in [5, 5.41) is 22.9. The van der Waals surface area contributed by atoms with E-state index in [9.17, 15) is 0 Å². The van der Waals surface area contributed by atoms with E-state index in [-0.39, 0.29) is 0 Å². The van der Waals surface area contributed by atoms with Gasteiger partial charge in [-0.1, -0.05) is 0 Å². The first-order valence-corrected chi connectivity index (χ1v) is 10.3. The fourth-order valence-corrected chi connectivity index (χ4v) is 3.95. The monoisotopic (exact) mass is 423 g/mol. The Kier molecular flexibility index (Phi) is 5.61. The molecular formula is C24H17N5OS. The summed E-state index contributed by atoms with van der Waals surface area (Å²) < 4.78 is 7.13. The third-order valence-electron chi connectivity index (χ3n) is 4.57. The number of aromatic nitrogens is 2. The molecule has 2 aromatic carbocycles. The summed E-state index contributed by atoms with van der Waals surface area (Å²) in [5.41, 5.74) is 4.99. The quantitative estimate of drug-likeness (QED) is 0.381. The number of rotatable bonds is 5. The van der Waals surface area contributed by atoms with E-state index in [0.717, 1.165) is 38.3 Å². The molecule has 0 amide bonds. The minimum atomic E-state index is 0.412.